The number of methoxy groups -OCH3 is 2. The van der Waals surface area contributed by atoms with Crippen LogP contribution in [-0.4, -0.2) is 31.4 Å². The zero-order valence-electron chi connectivity index (χ0n) is 20.5. The van der Waals surface area contributed by atoms with Gasteiger partial charge in [0, 0.05) is 17.2 Å². The Balaban J connectivity index is 1.89. The van der Waals surface area contributed by atoms with E-state index in [1.54, 1.807) is 43.5 Å². The van der Waals surface area contributed by atoms with Crippen molar-refractivity contribution in [2.45, 2.75) is 13.0 Å². The lowest BCUT2D eigenvalue weighted by Gasteiger charge is -2.27. The monoisotopic (exact) mass is 516 g/mol. The number of thiazole rings is 1. The molecule has 188 valence electrons. The Morgan fingerprint density at radius 2 is 1.89 bits per heavy atom. The van der Waals surface area contributed by atoms with Gasteiger partial charge in [-0.15, -0.1) is 0 Å². The molecule has 5 rings (SSSR count). The van der Waals surface area contributed by atoms with Crippen molar-refractivity contribution in [1.29, 1.82) is 0 Å². The zero-order valence-corrected chi connectivity index (χ0v) is 21.3. The summed E-state index contributed by atoms with van der Waals surface area (Å²) in [6, 6.07) is 17.4. The Hall–Kier alpha value is -4.37. The van der Waals surface area contributed by atoms with Crippen molar-refractivity contribution in [3.63, 3.8) is 0 Å². The van der Waals surface area contributed by atoms with Gasteiger partial charge in [-0.3, -0.25) is 9.36 Å². The van der Waals surface area contributed by atoms with Crippen LogP contribution in [0.4, 0.5) is 0 Å². The molecule has 0 aliphatic carbocycles. The first-order valence-electron chi connectivity index (χ1n) is 11.6. The Morgan fingerprint density at radius 3 is 2.57 bits per heavy atom. The van der Waals surface area contributed by atoms with E-state index in [4.69, 9.17) is 23.6 Å². The normalized spacial score (nSPS) is 15.2. The predicted octanol–water partition coefficient (Wildman–Crippen LogP) is 3.55. The molecule has 0 saturated carbocycles. The number of para-hydroxylation sites is 1. The second-order valence-electron chi connectivity index (χ2n) is 8.03. The highest BCUT2D eigenvalue weighted by Gasteiger charge is 2.37. The van der Waals surface area contributed by atoms with Crippen LogP contribution in [0.3, 0.4) is 0 Å². The molecule has 9 heteroatoms. The van der Waals surface area contributed by atoms with E-state index in [-0.39, 0.29) is 17.7 Å². The molecule has 1 aliphatic heterocycles. The van der Waals surface area contributed by atoms with Gasteiger partial charge in [-0.2, -0.15) is 0 Å². The van der Waals surface area contributed by atoms with E-state index in [0.717, 1.165) is 5.56 Å². The third-order valence-electron chi connectivity index (χ3n) is 5.92. The third kappa shape index (κ3) is 4.38. The molecular weight excluding hydrogens is 492 g/mol. The van der Waals surface area contributed by atoms with Gasteiger partial charge < -0.3 is 18.6 Å². The lowest BCUT2D eigenvalue weighted by atomic mass is 9.92. The van der Waals surface area contributed by atoms with Crippen molar-refractivity contribution in [2.24, 2.45) is 4.99 Å². The molecule has 1 aliphatic rings. The highest BCUT2D eigenvalue weighted by Crippen LogP contribution is 2.42. The van der Waals surface area contributed by atoms with E-state index < -0.39 is 12.0 Å². The van der Waals surface area contributed by atoms with E-state index in [0.29, 0.717) is 37.9 Å². The van der Waals surface area contributed by atoms with Crippen molar-refractivity contribution in [1.82, 2.24) is 4.57 Å². The molecule has 0 fully saturated rings. The first-order chi connectivity index (χ1) is 18.1. The highest BCUT2D eigenvalue weighted by atomic mass is 32.1. The van der Waals surface area contributed by atoms with E-state index in [9.17, 15) is 9.59 Å². The molecule has 0 saturated heterocycles. The average molecular weight is 517 g/mol. The van der Waals surface area contributed by atoms with Gasteiger partial charge in [0.05, 0.1) is 42.9 Å². The molecule has 37 heavy (non-hydrogen) atoms. The molecule has 1 unspecified atom stereocenters. The van der Waals surface area contributed by atoms with Crippen molar-refractivity contribution >= 4 is 29.1 Å². The topological polar surface area (TPSA) is 92.3 Å². The number of hydrogen-bond donors (Lipinski definition) is 0. The molecule has 8 nitrogen and oxygen atoms in total. The summed E-state index contributed by atoms with van der Waals surface area (Å²) in [6.07, 6.45) is 3.21. The summed E-state index contributed by atoms with van der Waals surface area (Å²) in [7, 11) is 3.06. The summed E-state index contributed by atoms with van der Waals surface area (Å²) in [5.74, 6) is 0.847. The van der Waals surface area contributed by atoms with Crippen molar-refractivity contribution < 1.29 is 23.4 Å². The van der Waals surface area contributed by atoms with E-state index in [1.807, 2.05) is 36.4 Å². The molecule has 2 aromatic heterocycles. The van der Waals surface area contributed by atoms with Gasteiger partial charge in [0.25, 0.3) is 5.56 Å². The smallest absolute Gasteiger partial charge is 0.338 e. The lowest BCUT2D eigenvalue weighted by molar-refractivity contribution is -0.138. The van der Waals surface area contributed by atoms with Crippen LogP contribution in [0.2, 0.25) is 0 Å². The Bertz CT molecular complexity index is 1650. The Morgan fingerprint density at radius 1 is 1.08 bits per heavy atom. The maximum atomic E-state index is 13.8. The van der Waals surface area contributed by atoms with E-state index in [1.165, 1.54) is 30.1 Å². The molecule has 0 radical (unpaired) electrons. The number of carbonyl (C=O) groups is 1. The van der Waals surface area contributed by atoms with Gasteiger partial charge in [0.2, 0.25) is 0 Å². The van der Waals surface area contributed by atoms with Crippen LogP contribution in [0.1, 0.15) is 29.9 Å². The molecule has 3 heterocycles. The van der Waals surface area contributed by atoms with Crippen molar-refractivity contribution in [2.75, 3.05) is 20.8 Å². The minimum Gasteiger partial charge on any atom is -0.493 e. The number of esters is 1. The number of nitrogens with zero attached hydrogens (tertiary/aromatic N) is 2. The summed E-state index contributed by atoms with van der Waals surface area (Å²) < 4.78 is 24.1. The molecule has 0 N–H and O–H groups in total. The fourth-order valence-corrected chi connectivity index (χ4v) is 5.35. The number of fused-ring (bicyclic) bond motifs is 1. The maximum Gasteiger partial charge on any atom is 0.338 e. The summed E-state index contributed by atoms with van der Waals surface area (Å²) in [6.45, 7) is 1.90. The van der Waals surface area contributed by atoms with Crippen LogP contribution in [0.15, 0.2) is 86.7 Å². The van der Waals surface area contributed by atoms with Crippen LogP contribution in [0, 0.1) is 0 Å². The van der Waals surface area contributed by atoms with Gasteiger partial charge in [-0.05, 0) is 25.1 Å². The molecule has 0 bridgehead atoms. The SMILES string of the molecule is CCOC(=O)C1=C(c2ccccc2)N=c2sc(=Cc3ccco3)c(=O)n2C1c1cccc(OC)c1OC. The lowest BCUT2D eigenvalue weighted by Crippen LogP contribution is -2.40. The van der Waals surface area contributed by atoms with E-state index in [2.05, 4.69) is 0 Å². The van der Waals surface area contributed by atoms with Gasteiger partial charge >= 0.3 is 5.97 Å². The summed E-state index contributed by atoms with van der Waals surface area (Å²) in [5.41, 5.74) is 1.64. The minimum absolute atomic E-state index is 0.162. The van der Waals surface area contributed by atoms with Crippen LogP contribution < -0.4 is 24.4 Å². The van der Waals surface area contributed by atoms with E-state index >= 15 is 0 Å². The van der Waals surface area contributed by atoms with Gasteiger partial charge in [-0.1, -0.05) is 53.8 Å². The molecule has 2 aromatic carbocycles. The second-order valence-corrected chi connectivity index (χ2v) is 9.04. The number of ether oxygens (including phenoxy) is 3. The number of aromatic nitrogens is 1. The quantitative estimate of drug-likeness (QED) is 0.349. The minimum atomic E-state index is -0.880. The van der Waals surface area contributed by atoms with Crippen LogP contribution in [0.5, 0.6) is 11.5 Å². The molecule has 0 amide bonds. The fourth-order valence-electron chi connectivity index (χ4n) is 4.36. The van der Waals surface area contributed by atoms with Crippen LogP contribution in [-0.2, 0) is 9.53 Å². The first-order valence-corrected chi connectivity index (χ1v) is 12.4. The second kappa shape index (κ2) is 10.3. The Labute approximate surface area is 216 Å². The summed E-state index contributed by atoms with van der Waals surface area (Å²) in [4.78, 5) is 32.7. The first kappa shape index (κ1) is 24.3. The number of carbonyl (C=O) groups excluding carboxylic acids is 1. The van der Waals surface area contributed by atoms with Gasteiger partial charge in [-0.25, -0.2) is 9.79 Å². The maximum absolute atomic E-state index is 13.8. The molecule has 1 atom stereocenters. The highest BCUT2D eigenvalue weighted by molar-refractivity contribution is 7.07. The van der Waals surface area contributed by atoms with Gasteiger partial charge in [0.15, 0.2) is 16.3 Å². The number of furan rings is 1. The number of hydrogen-bond acceptors (Lipinski definition) is 8. The van der Waals surface area contributed by atoms with Crippen LogP contribution in [0.25, 0.3) is 11.8 Å². The number of rotatable bonds is 7. The Kier molecular flexibility index (Phi) is 6.78. The number of benzene rings is 2. The summed E-state index contributed by atoms with van der Waals surface area (Å²) in [5, 5.41) is 0. The molecular formula is C28H24N2O6S. The van der Waals surface area contributed by atoms with Crippen molar-refractivity contribution in [3.05, 3.63) is 109 Å². The molecule has 4 aromatic rings. The van der Waals surface area contributed by atoms with Crippen LogP contribution >= 0.6 is 11.3 Å². The van der Waals surface area contributed by atoms with Crippen molar-refractivity contribution in [3.8, 4) is 11.5 Å². The third-order valence-corrected chi connectivity index (χ3v) is 6.90. The predicted molar refractivity (Wildman–Crippen MR) is 139 cm³/mol. The van der Waals surface area contributed by atoms with Gasteiger partial charge in [0.1, 0.15) is 11.8 Å². The zero-order chi connectivity index (χ0) is 25.9. The summed E-state index contributed by atoms with van der Waals surface area (Å²) >= 11 is 1.22. The fraction of sp³-hybridized carbons (Fsp3) is 0.179. The standard InChI is InChI=1S/C28H24N2O6S/c1-4-35-27(32)22-23(17-10-6-5-7-11-17)29-28-30(26(31)21(37-28)16-18-12-9-15-36-18)24(22)19-13-8-14-20(33-2)25(19)34-3/h5-16,24H,4H2,1-3H3. The molecule has 0 spiro atoms. The average Bonchev–Trinajstić information content (AvgIpc) is 3.55. The largest absolute Gasteiger partial charge is 0.493 e.